The number of carbonyl (C=O) groups excluding carboxylic acids is 1. The van der Waals surface area contributed by atoms with Gasteiger partial charge in [0.2, 0.25) is 5.91 Å². The molecule has 0 saturated heterocycles. The van der Waals surface area contributed by atoms with E-state index in [0.717, 1.165) is 12.1 Å². The summed E-state index contributed by atoms with van der Waals surface area (Å²) in [6, 6.07) is 4.62. The van der Waals surface area contributed by atoms with Gasteiger partial charge in [-0.25, -0.2) is 14.2 Å². The van der Waals surface area contributed by atoms with Crippen molar-refractivity contribution in [3.05, 3.63) is 40.9 Å². The molecule has 0 radical (unpaired) electrons. The summed E-state index contributed by atoms with van der Waals surface area (Å²) in [4.78, 5) is 28.0. The minimum absolute atomic E-state index is 0.141. The number of rotatable bonds is 5. The Labute approximate surface area is 201 Å². The fourth-order valence-electron chi connectivity index (χ4n) is 4.80. The van der Waals surface area contributed by atoms with E-state index in [1.807, 2.05) is 19.9 Å². The minimum Gasteiger partial charge on any atom is -0.465 e. The third-order valence-electron chi connectivity index (χ3n) is 6.28. The van der Waals surface area contributed by atoms with Gasteiger partial charge in [0.05, 0.1) is 5.02 Å². The van der Waals surface area contributed by atoms with Crippen molar-refractivity contribution < 1.29 is 19.1 Å². The quantitative estimate of drug-likeness (QED) is 0.451. The van der Waals surface area contributed by atoms with Crippen LogP contribution in [0.3, 0.4) is 0 Å². The molecule has 0 unspecified atom stereocenters. The number of fused-ring (bicyclic) bond motifs is 1. The Balaban J connectivity index is 1.61. The van der Waals surface area contributed by atoms with Crippen LogP contribution in [0.1, 0.15) is 51.1 Å². The van der Waals surface area contributed by atoms with Gasteiger partial charge >= 0.3 is 6.09 Å². The van der Waals surface area contributed by atoms with Crippen LogP contribution in [-0.4, -0.2) is 37.9 Å². The molecule has 1 aliphatic rings. The van der Waals surface area contributed by atoms with Gasteiger partial charge in [-0.15, -0.1) is 0 Å². The van der Waals surface area contributed by atoms with E-state index in [1.54, 1.807) is 17.8 Å². The number of benzene rings is 1. The summed E-state index contributed by atoms with van der Waals surface area (Å²) in [5.41, 5.74) is 2.32. The highest BCUT2D eigenvalue weighted by Crippen LogP contribution is 2.35. The van der Waals surface area contributed by atoms with Crippen molar-refractivity contribution in [1.82, 2.24) is 20.1 Å². The van der Waals surface area contributed by atoms with Crippen molar-refractivity contribution in [2.75, 3.05) is 5.32 Å². The smallest absolute Gasteiger partial charge is 0.404 e. The maximum atomic E-state index is 14.9. The first-order valence-corrected chi connectivity index (χ1v) is 11.6. The Hall–Kier alpha value is -3.20. The third kappa shape index (κ3) is 4.84. The molecule has 0 aliphatic heterocycles. The zero-order chi connectivity index (χ0) is 24.6. The highest BCUT2D eigenvalue weighted by atomic mass is 35.5. The van der Waals surface area contributed by atoms with Crippen molar-refractivity contribution >= 4 is 40.3 Å². The number of anilines is 1. The van der Waals surface area contributed by atoms with E-state index in [0.29, 0.717) is 52.1 Å². The van der Waals surface area contributed by atoms with Crippen molar-refractivity contribution in [2.24, 2.45) is 13.0 Å². The predicted molar refractivity (Wildman–Crippen MR) is 129 cm³/mol. The highest BCUT2D eigenvalue weighted by molar-refractivity contribution is 6.33. The molecule has 2 aromatic heterocycles. The molecular weight excluding hydrogens is 461 g/mol. The molecule has 2 amide bonds. The van der Waals surface area contributed by atoms with E-state index in [2.05, 4.69) is 20.7 Å². The maximum Gasteiger partial charge on any atom is 0.404 e. The lowest BCUT2D eigenvalue weighted by molar-refractivity contribution is -0.121. The molecule has 2 atom stereocenters. The van der Waals surface area contributed by atoms with E-state index >= 15 is 0 Å². The van der Waals surface area contributed by atoms with Gasteiger partial charge in [-0.1, -0.05) is 31.9 Å². The fraction of sp³-hybridized carbons (Fsp3) is 0.417. The van der Waals surface area contributed by atoms with E-state index < -0.39 is 11.9 Å². The third-order valence-corrected chi connectivity index (χ3v) is 6.58. The molecule has 0 bridgehead atoms. The van der Waals surface area contributed by atoms with Crippen LogP contribution in [0.5, 0.6) is 0 Å². The van der Waals surface area contributed by atoms with Gasteiger partial charge in [0.25, 0.3) is 0 Å². The predicted octanol–water partition coefficient (Wildman–Crippen LogP) is 5.32. The summed E-state index contributed by atoms with van der Waals surface area (Å²) in [5.74, 6) is -0.568. The fourth-order valence-corrected chi connectivity index (χ4v) is 5.02. The molecule has 180 valence electrons. The number of nitrogens with one attached hydrogen (secondary N) is 2. The molecule has 8 nitrogen and oxygen atoms in total. The molecule has 34 heavy (non-hydrogen) atoms. The highest BCUT2D eigenvalue weighted by Gasteiger charge is 2.28. The summed E-state index contributed by atoms with van der Waals surface area (Å²) < 4.78 is 16.6. The zero-order valence-electron chi connectivity index (χ0n) is 19.2. The first-order valence-electron chi connectivity index (χ1n) is 11.3. The van der Waals surface area contributed by atoms with E-state index in [-0.39, 0.29) is 23.8 Å². The average molecular weight is 488 g/mol. The summed E-state index contributed by atoms with van der Waals surface area (Å²) >= 11 is 6.41. The number of amides is 2. The number of aryl methyl sites for hydroxylation is 1. The van der Waals surface area contributed by atoms with Crippen molar-refractivity contribution in [3.63, 3.8) is 0 Å². The number of pyridine rings is 1. The lowest BCUT2D eigenvalue weighted by Crippen LogP contribution is -2.40. The molecule has 1 fully saturated rings. The van der Waals surface area contributed by atoms with E-state index in [1.165, 1.54) is 12.3 Å². The summed E-state index contributed by atoms with van der Waals surface area (Å²) in [7, 11) is 1.79. The van der Waals surface area contributed by atoms with Crippen LogP contribution < -0.4 is 10.6 Å². The zero-order valence-corrected chi connectivity index (χ0v) is 20.0. The normalized spacial score (nSPS) is 18.3. The van der Waals surface area contributed by atoms with Crippen molar-refractivity contribution in [1.29, 1.82) is 0 Å². The van der Waals surface area contributed by atoms with Crippen LogP contribution in [0, 0.1) is 11.7 Å². The van der Waals surface area contributed by atoms with Gasteiger partial charge < -0.3 is 15.7 Å². The van der Waals surface area contributed by atoms with Crippen molar-refractivity contribution in [2.45, 2.75) is 51.5 Å². The second kappa shape index (κ2) is 9.58. The standard InChI is InChI=1S/C24H27ClFN5O3/c1-12(2)22-17-8-14(9-19(26)21(17)30-31(22)3)16-10-20(27-11-18(16)25)29-23(32)13-5-4-6-15(7-13)28-24(33)34/h8-13,15,28H,4-7H2,1-3H3,(H,33,34)(H,27,29,32)/t13-,15+/m0/s1. The molecule has 3 N–H and O–H groups in total. The molecule has 1 aromatic carbocycles. The van der Waals surface area contributed by atoms with Gasteiger partial charge in [-0.2, -0.15) is 5.10 Å². The van der Waals surface area contributed by atoms with Crippen LogP contribution >= 0.6 is 11.6 Å². The van der Waals surface area contributed by atoms with Crippen LogP contribution in [0.4, 0.5) is 15.0 Å². The molecule has 4 rings (SSSR count). The number of carbonyl (C=O) groups is 2. The van der Waals surface area contributed by atoms with Gasteiger partial charge in [0, 0.05) is 41.8 Å². The van der Waals surface area contributed by atoms with Crippen LogP contribution in [0.25, 0.3) is 22.0 Å². The van der Waals surface area contributed by atoms with Crippen LogP contribution in [-0.2, 0) is 11.8 Å². The molecule has 1 aliphatic carbocycles. The Kier molecular flexibility index (Phi) is 6.74. The van der Waals surface area contributed by atoms with Gasteiger partial charge in [0.1, 0.15) is 11.3 Å². The number of nitrogens with zero attached hydrogens (tertiary/aromatic N) is 3. The van der Waals surface area contributed by atoms with Crippen LogP contribution in [0.2, 0.25) is 5.02 Å². The number of carboxylic acid groups (broad SMARTS) is 1. The topological polar surface area (TPSA) is 109 Å². The minimum atomic E-state index is -1.09. The molecule has 10 heteroatoms. The largest absolute Gasteiger partial charge is 0.465 e. The number of hydrogen-bond acceptors (Lipinski definition) is 4. The number of hydrogen-bond donors (Lipinski definition) is 3. The first-order chi connectivity index (χ1) is 16.1. The summed E-state index contributed by atoms with van der Waals surface area (Å²) in [6.07, 6.45) is 2.90. The Morgan fingerprint density at radius 2 is 2.03 bits per heavy atom. The number of halogens is 2. The number of aromatic nitrogens is 3. The monoisotopic (exact) mass is 487 g/mol. The van der Waals surface area contributed by atoms with Gasteiger partial charge in [-0.05, 0) is 48.9 Å². The Bertz CT molecular complexity index is 1260. The molecule has 3 aromatic rings. The molecular formula is C24H27ClFN5O3. The van der Waals surface area contributed by atoms with Gasteiger partial charge in [0.15, 0.2) is 5.82 Å². The summed E-state index contributed by atoms with van der Waals surface area (Å²) in [5, 5.41) is 19.6. The Morgan fingerprint density at radius 1 is 1.26 bits per heavy atom. The molecule has 0 spiro atoms. The summed E-state index contributed by atoms with van der Waals surface area (Å²) in [6.45, 7) is 4.05. The average Bonchev–Trinajstić information content (AvgIpc) is 3.11. The lowest BCUT2D eigenvalue weighted by atomic mass is 9.85. The van der Waals surface area contributed by atoms with Crippen molar-refractivity contribution in [3.8, 4) is 11.1 Å². The molecule has 1 saturated carbocycles. The van der Waals surface area contributed by atoms with E-state index in [4.69, 9.17) is 16.7 Å². The second-order valence-electron chi connectivity index (χ2n) is 9.07. The first kappa shape index (κ1) is 23.9. The maximum absolute atomic E-state index is 14.9. The second-order valence-corrected chi connectivity index (χ2v) is 9.47. The van der Waals surface area contributed by atoms with Crippen LogP contribution in [0.15, 0.2) is 24.4 Å². The van der Waals surface area contributed by atoms with Gasteiger partial charge in [-0.3, -0.25) is 9.48 Å². The lowest BCUT2D eigenvalue weighted by Gasteiger charge is -2.28. The SMILES string of the molecule is CC(C)c1c2cc(-c3cc(NC(=O)[C@H]4CCC[C@@H](NC(=O)O)C4)ncc3Cl)cc(F)c2nn1C. The van der Waals surface area contributed by atoms with E-state index in [9.17, 15) is 14.0 Å². The molecule has 2 heterocycles. The Morgan fingerprint density at radius 3 is 2.74 bits per heavy atom.